The Balaban J connectivity index is 1.84. The van der Waals surface area contributed by atoms with E-state index in [0.717, 1.165) is 36.2 Å². The number of likely N-dealkylation sites (N-methyl/N-ethyl adjacent to an activating group) is 1. The first-order chi connectivity index (χ1) is 9.56. The van der Waals surface area contributed by atoms with Crippen LogP contribution in [0.5, 0.6) is 0 Å². The standard InChI is InChI=1S/C15H22BrN3O/c1-11-9-17(2)6-3-7-18(11)15(20)14-8-12(16)10-19(14)13-4-5-13/h8,10-11,13H,3-7,9H2,1-2H3. The maximum absolute atomic E-state index is 12.9. The molecule has 1 aliphatic carbocycles. The first-order valence-electron chi connectivity index (χ1n) is 7.43. The Morgan fingerprint density at radius 1 is 1.35 bits per heavy atom. The van der Waals surface area contributed by atoms with Crippen molar-refractivity contribution in [2.75, 3.05) is 26.7 Å². The van der Waals surface area contributed by atoms with Gasteiger partial charge in [0, 0.05) is 35.8 Å². The van der Waals surface area contributed by atoms with Gasteiger partial charge in [-0.2, -0.15) is 0 Å². The lowest BCUT2D eigenvalue weighted by molar-refractivity contribution is 0.0685. The second-order valence-corrected chi connectivity index (χ2v) is 7.06. The van der Waals surface area contributed by atoms with Gasteiger partial charge in [0.15, 0.2) is 0 Å². The minimum Gasteiger partial charge on any atom is -0.339 e. The molecule has 1 aliphatic heterocycles. The van der Waals surface area contributed by atoms with Gasteiger partial charge in [-0.3, -0.25) is 4.79 Å². The molecular formula is C15H22BrN3O. The SMILES string of the molecule is CC1CN(C)CCCN1C(=O)c1cc(Br)cn1C1CC1. The molecule has 2 heterocycles. The number of carbonyl (C=O) groups excluding carboxylic acids is 1. The van der Waals surface area contributed by atoms with Gasteiger partial charge >= 0.3 is 0 Å². The molecule has 1 amide bonds. The number of hydrogen-bond acceptors (Lipinski definition) is 2. The van der Waals surface area contributed by atoms with E-state index in [-0.39, 0.29) is 11.9 Å². The summed E-state index contributed by atoms with van der Waals surface area (Å²) in [5.41, 5.74) is 0.843. The highest BCUT2D eigenvalue weighted by atomic mass is 79.9. The van der Waals surface area contributed by atoms with E-state index >= 15 is 0 Å². The van der Waals surface area contributed by atoms with Crippen molar-refractivity contribution >= 4 is 21.8 Å². The Morgan fingerprint density at radius 3 is 2.80 bits per heavy atom. The van der Waals surface area contributed by atoms with Gasteiger partial charge in [0.1, 0.15) is 5.69 Å². The third kappa shape index (κ3) is 2.79. The van der Waals surface area contributed by atoms with Crippen molar-refractivity contribution in [1.82, 2.24) is 14.4 Å². The maximum atomic E-state index is 12.9. The Hall–Kier alpha value is -0.810. The largest absolute Gasteiger partial charge is 0.339 e. The van der Waals surface area contributed by atoms with E-state index in [1.807, 2.05) is 11.0 Å². The molecule has 20 heavy (non-hydrogen) atoms. The zero-order valence-electron chi connectivity index (χ0n) is 12.2. The quantitative estimate of drug-likeness (QED) is 0.828. The van der Waals surface area contributed by atoms with Crippen LogP contribution in [0.4, 0.5) is 0 Å². The topological polar surface area (TPSA) is 28.5 Å². The summed E-state index contributed by atoms with van der Waals surface area (Å²) >= 11 is 3.51. The third-order valence-corrected chi connectivity index (χ3v) is 4.72. The van der Waals surface area contributed by atoms with E-state index < -0.39 is 0 Å². The number of rotatable bonds is 2. The van der Waals surface area contributed by atoms with Crippen molar-refractivity contribution in [3.8, 4) is 0 Å². The van der Waals surface area contributed by atoms with E-state index in [2.05, 4.69) is 45.6 Å². The van der Waals surface area contributed by atoms with Crippen LogP contribution in [0.25, 0.3) is 0 Å². The zero-order chi connectivity index (χ0) is 14.3. The number of halogens is 1. The first-order valence-corrected chi connectivity index (χ1v) is 8.22. The van der Waals surface area contributed by atoms with Crippen LogP contribution in [0.3, 0.4) is 0 Å². The summed E-state index contributed by atoms with van der Waals surface area (Å²) in [4.78, 5) is 17.3. The highest BCUT2D eigenvalue weighted by molar-refractivity contribution is 9.10. The molecular weight excluding hydrogens is 318 g/mol. The molecule has 1 unspecified atom stereocenters. The fourth-order valence-electron chi connectivity index (χ4n) is 3.09. The van der Waals surface area contributed by atoms with E-state index in [1.165, 1.54) is 12.8 Å². The van der Waals surface area contributed by atoms with Gasteiger partial charge in [0.25, 0.3) is 5.91 Å². The molecule has 4 nitrogen and oxygen atoms in total. The smallest absolute Gasteiger partial charge is 0.270 e. The average molecular weight is 340 g/mol. The van der Waals surface area contributed by atoms with Crippen molar-refractivity contribution < 1.29 is 4.79 Å². The fourth-order valence-corrected chi connectivity index (χ4v) is 3.53. The van der Waals surface area contributed by atoms with Crippen LogP contribution >= 0.6 is 15.9 Å². The van der Waals surface area contributed by atoms with Crippen LogP contribution in [0, 0.1) is 0 Å². The zero-order valence-corrected chi connectivity index (χ0v) is 13.8. The molecule has 3 rings (SSSR count). The Morgan fingerprint density at radius 2 is 2.10 bits per heavy atom. The molecule has 110 valence electrons. The molecule has 0 spiro atoms. The summed E-state index contributed by atoms with van der Waals surface area (Å²) in [5, 5.41) is 0. The molecule has 0 bridgehead atoms. The highest BCUT2D eigenvalue weighted by Crippen LogP contribution is 2.37. The fraction of sp³-hybridized carbons (Fsp3) is 0.667. The van der Waals surface area contributed by atoms with Gasteiger partial charge in [-0.15, -0.1) is 0 Å². The summed E-state index contributed by atoms with van der Waals surface area (Å²) < 4.78 is 3.17. The third-order valence-electron chi connectivity index (χ3n) is 4.28. The van der Waals surface area contributed by atoms with E-state index in [9.17, 15) is 4.79 Å². The van der Waals surface area contributed by atoms with Crippen molar-refractivity contribution in [2.24, 2.45) is 0 Å². The Bertz CT molecular complexity index is 509. The average Bonchev–Trinajstić information content (AvgIpc) is 3.17. The van der Waals surface area contributed by atoms with Crippen LogP contribution in [-0.2, 0) is 0 Å². The number of carbonyl (C=O) groups is 1. The van der Waals surface area contributed by atoms with Crippen LogP contribution in [0.1, 0.15) is 42.7 Å². The molecule has 1 atom stereocenters. The Labute approximate surface area is 128 Å². The van der Waals surface area contributed by atoms with E-state index in [4.69, 9.17) is 0 Å². The maximum Gasteiger partial charge on any atom is 0.270 e. The molecule has 1 aromatic heterocycles. The van der Waals surface area contributed by atoms with Gasteiger partial charge < -0.3 is 14.4 Å². The van der Waals surface area contributed by atoms with Gasteiger partial charge in [-0.05, 0) is 61.8 Å². The minimum absolute atomic E-state index is 0.186. The monoisotopic (exact) mass is 339 g/mol. The predicted octanol–water partition coefficient (Wildman–Crippen LogP) is 2.75. The van der Waals surface area contributed by atoms with E-state index in [1.54, 1.807) is 0 Å². The molecule has 1 saturated heterocycles. The van der Waals surface area contributed by atoms with Crippen LogP contribution < -0.4 is 0 Å². The second kappa shape index (κ2) is 5.53. The highest BCUT2D eigenvalue weighted by Gasteiger charge is 2.31. The summed E-state index contributed by atoms with van der Waals surface area (Å²) in [6.45, 7) is 5.04. The Kier molecular flexibility index (Phi) is 3.91. The van der Waals surface area contributed by atoms with Crippen LogP contribution in [0.15, 0.2) is 16.7 Å². The molecule has 2 fully saturated rings. The second-order valence-electron chi connectivity index (χ2n) is 6.15. The minimum atomic E-state index is 0.186. The summed E-state index contributed by atoms with van der Waals surface area (Å²) in [5.74, 6) is 0.186. The molecule has 2 aliphatic rings. The lowest BCUT2D eigenvalue weighted by Crippen LogP contribution is -2.42. The summed E-state index contributed by atoms with van der Waals surface area (Å²) in [6.07, 6.45) is 5.50. The van der Waals surface area contributed by atoms with Gasteiger partial charge in [-0.1, -0.05) is 0 Å². The van der Waals surface area contributed by atoms with Crippen molar-refractivity contribution in [2.45, 2.75) is 38.3 Å². The molecule has 0 N–H and O–H groups in total. The normalized spacial score (nSPS) is 24.8. The molecule has 0 radical (unpaired) electrons. The van der Waals surface area contributed by atoms with Crippen molar-refractivity contribution in [1.29, 1.82) is 0 Å². The molecule has 0 aromatic carbocycles. The molecule has 5 heteroatoms. The summed E-state index contributed by atoms with van der Waals surface area (Å²) in [6, 6.07) is 2.78. The summed E-state index contributed by atoms with van der Waals surface area (Å²) in [7, 11) is 2.13. The molecule has 1 saturated carbocycles. The van der Waals surface area contributed by atoms with Crippen LogP contribution in [-0.4, -0.2) is 53.0 Å². The lowest BCUT2D eigenvalue weighted by Gasteiger charge is -2.28. The number of hydrogen-bond donors (Lipinski definition) is 0. The first kappa shape index (κ1) is 14.1. The number of amides is 1. The van der Waals surface area contributed by atoms with Gasteiger partial charge in [-0.25, -0.2) is 0 Å². The predicted molar refractivity (Wildman–Crippen MR) is 83.0 cm³/mol. The molecule has 1 aromatic rings. The lowest BCUT2D eigenvalue weighted by atomic mass is 10.2. The van der Waals surface area contributed by atoms with Gasteiger partial charge in [0.05, 0.1) is 0 Å². The number of aromatic nitrogens is 1. The van der Waals surface area contributed by atoms with Crippen molar-refractivity contribution in [3.05, 3.63) is 22.4 Å². The van der Waals surface area contributed by atoms with Crippen molar-refractivity contribution in [3.63, 3.8) is 0 Å². The van der Waals surface area contributed by atoms with E-state index in [0.29, 0.717) is 6.04 Å². The number of nitrogens with zero attached hydrogens (tertiary/aromatic N) is 3. The van der Waals surface area contributed by atoms with Gasteiger partial charge in [0.2, 0.25) is 0 Å². The van der Waals surface area contributed by atoms with Crippen LogP contribution in [0.2, 0.25) is 0 Å².